The first-order valence-corrected chi connectivity index (χ1v) is 10.9. The number of anilines is 1. The number of nitrogens with zero attached hydrogens (tertiary/aromatic N) is 2. The second kappa shape index (κ2) is 9.75. The van der Waals surface area contributed by atoms with Crippen LogP contribution in [0.1, 0.15) is 33.9 Å². The van der Waals surface area contributed by atoms with E-state index in [1.165, 1.54) is 11.1 Å². The topological polar surface area (TPSA) is 74.3 Å². The van der Waals surface area contributed by atoms with E-state index in [1.54, 1.807) is 6.20 Å². The van der Waals surface area contributed by atoms with Crippen molar-refractivity contribution in [2.45, 2.75) is 32.9 Å². The molecule has 0 fully saturated rings. The van der Waals surface area contributed by atoms with Gasteiger partial charge in [-0.1, -0.05) is 48.0 Å². The third kappa shape index (κ3) is 5.03. The van der Waals surface area contributed by atoms with Crippen molar-refractivity contribution in [2.24, 2.45) is 0 Å². The van der Waals surface area contributed by atoms with E-state index < -0.39 is 11.8 Å². The molecule has 0 aliphatic carbocycles. The number of nitrogens with one attached hydrogen (secondary N) is 2. The zero-order chi connectivity index (χ0) is 22.5. The van der Waals surface area contributed by atoms with E-state index in [1.807, 2.05) is 50.4 Å². The maximum Gasteiger partial charge on any atom is 0.313 e. The van der Waals surface area contributed by atoms with Crippen molar-refractivity contribution in [3.63, 3.8) is 0 Å². The molecule has 32 heavy (non-hydrogen) atoms. The molecule has 0 radical (unpaired) electrons. The number of aromatic nitrogens is 1. The van der Waals surface area contributed by atoms with Gasteiger partial charge < -0.3 is 10.6 Å². The highest BCUT2D eigenvalue weighted by molar-refractivity contribution is 6.39. The molecular weight excluding hydrogens is 400 g/mol. The van der Waals surface area contributed by atoms with E-state index >= 15 is 0 Å². The number of rotatable bonds is 5. The van der Waals surface area contributed by atoms with Gasteiger partial charge in [0.1, 0.15) is 0 Å². The van der Waals surface area contributed by atoms with Crippen LogP contribution in [0.15, 0.2) is 67.0 Å². The molecule has 0 bridgehead atoms. The highest BCUT2D eigenvalue weighted by Crippen LogP contribution is 2.27. The number of aryl methyl sites for hydroxylation is 2. The van der Waals surface area contributed by atoms with Gasteiger partial charge in [0.25, 0.3) is 0 Å². The van der Waals surface area contributed by atoms with Crippen LogP contribution in [-0.4, -0.2) is 34.8 Å². The molecule has 6 heteroatoms. The van der Waals surface area contributed by atoms with E-state index in [0.29, 0.717) is 12.2 Å². The fourth-order valence-corrected chi connectivity index (χ4v) is 4.22. The van der Waals surface area contributed by atoms with Gasteiger partial charge >= 0.3 is 11.8 Å². The van der Waals surface area contributed by atoms with Gasteiger partial charge in [-0.15, -0.1) is 0 Å². The molecule has 0 unspecified atom stereocenters. The quantitative estimate of drug-likeness (QED) is 0.610. The smallest absolute Gasteiger partial charge is 0.313 e. The number of benzene rings is 2. The molecule has 164 valence electrons. The second-order valence-electron chi connectivity index (χ2n) is 8.27. The predicted octanol–water partition coefficient (Wildman–Crippen LogP) is 3.55. The maximum absolute atomic E-state index is 12.6. The normalized spacial score (nSPS) is 14.3. The number of fused-ring (bicyclic) bond motifs is 1. The third-order valence-corrected chi connectivity index (χ3v) is 5.96. The Morgan fingerprint density at radius 3 is 2.59 bits per heavy atom. The van der Waals surface area contributed by atoms with Gasteiger partial charge in [0.15, 0.2) is 0 Å². The Bertz CT molecular complexity index is 1110. The Labute approximate surface area is 188 Å². The summed E-state index contributed by atoms with van der Waals surface area (Å²) in [6.45, 7) is 5.89. The maximum atomic E-state index is 12.6. The van der Waals surface area contributed by atoms with E-state index in [-0.39, 0.29) is 6.04 Å². The Kier molecular flexibility index (Phi) is 6.61. The molecule has 4 rings (SSSR count). The Morgan fingerprint density at radius 2 is 1.84 bits per heavy atom. The standard InChI is InChI=1S/C26H28N4O2/c1-18-9-10-23(19(2)14-18)29-26(32)25(31)28-16-24(21-8-5-12-27-15-21)30-13-11-20-6-3-4-7-22(20)17-30/h3-10,12,14-15,24H,11,13,16-17H2,1-2H3,(H,28,31)(H,29,32)/t24-/m1/s1. The molecule has 0 saturated carbocycles. The van der Waals surface area contributed by atoms with E-state index in [9.17, 15) is 9.59 Å². The molecule has 1 aliphatic heterocycles. The highest BCUT2D eigenvalue weighted by Gasteiger charge is 2.26. The molecule has 1 aliphatic rings. The number of amides is 2. The summed E-state index contributed by atoms with van der Waals surface area (Å²) in [6, 6.07) is 18.0. The van der Waals surface area contributed by atoms with Crippen LogP contribution in [0.5, 0.6) is 0 Å². The van der Waals surface area contributed by atoms with Crippen LogP contribution in [0.25, 0.3) is 0 Å². The number of pyridine rings is 1. The van der Waals surface area contributed by atoms with Crippen molar-refractivity contribution in [1.82, 2.24) is 15.2 Å². The Balaban J connectivity index is 1.45. The first-order valence-electron chi connectivity index (χ1n) is 10.9. The lowest BCUT2D eigenvalue weighted by Gasteiger charge is -2.35. The molecule has 1 aromatic heterocycles. The summed E-state index contributed by atoms with van der Waals surface area (Å²) in [5.41, 5.74) is 6.35. The van der Waals surface area contributed by atoms with Gasteiger partial charge in [-0.05, 0) is 54.7 Å². The number of hydrogen-bond acceptors (Lipinski definition) is 4. The van der Waals surface area contributed by atoms with Gasteiger partial charge in [-0.3, -0.25) is 19.5 Å². The number of carbonyl (C=O) groups excluding carboxylic acids is 2. The minimum Gasteiger partial charge on any atom is -0.346 e. The first kappa shape index (κ1) is 21.7. The fraction of sp³-hybridized carbons (Fsp3) is 0.269. The minimum absolute atomic E-state index is 0.0742. The van der Waals surface area contributed by atoms with E-state index in [2.05, 4.69) is 44.8 Å². The second-order valence-corrected chi connectivity index (χ2v) is 8.27. The van der Waals surface area contributed by atoms with Gasteiger partial charge in [0.2, 0.25) is 0 Å². The van der Waals surface area contributed by atoms with Crippen molar-refractivity contribution < 1.29 is 9.59 Å². The van der Waals surface area contributed by atoms with Gasteiger partial charge in [0, 0.05) is 37.7 Å². The van der Waals surface area contributed by atoms with Crippen LogP contribution in [0.4, 0.5) is 5.69 Å². The van der Waals surface area contributed by atoms with Gasteiger partial charge in [-0.25, -0.2) is 0 Å². The largest absolute Gasteiger partial charge is 0.346 e. The van der Waals surface area contributed by atoms with Crippen LogP contribution in [0.2, 0.25) is 0 Å². The zero-order valence-electron chi connectivity index (χ0n) is 18.5. The summed E-state index contributed by atoms with van der Waals surface area (Å²) in [7, 11) is 0. The lowest BCUT2D eigenvalue weighted by atomic mass is 9.97. The van der Waals surface area contributed by atoms with Crippen molar-refractivity contribution in [1.29, 1.82) is 0 Å². The molecule has 2 N–H and O–H groups in total. The van der Waals surface area contributed by atoms with E-state index in [0.717, 1.165) is 36.2 Å². The lowest BCUT2D eigenvalue weighted by Crippen LogP contribution is -2.43. The van der Waals surface area contributed by atoms with Gasteiger partial charge in [0.05, 0.1) is 6.04 Å². The average molecular weight is 429 g/mol. The fourth-order valence-electron chi connectivity index (χ4n) is 4.22. The van der Waals surface area contributed by atoms with Crippen molar-refractivity contribution in [3.05, 3.63) is 94.8 Å². The van der Waals surface area contributed by atoms with Gasteiger partial charge in [-0.2, -0.15) is 0 Å². The van der Waals surface area contributed by atoms with E-state index in [4.69, 9.17) is 0 Å². The SMILES string of the molecule is Cc1ccc(NC(=O)C(=O)NC[C@H](c2cccnc2)N2CCc3ccccc3C2)c(C)c1. The molecule has 2 amide bonds. The van der Waals surface area contributed by atoms with Crippen LogP contribution in [0.3, 0.4) is 0 Å². The number of hydrogen-bond donors (Lipinski definition) is 2. The zero-order valence-corrected chi connectivity index (χ0v) is 18.5. The minimum atomic E-state index is -0.661. The summed E-state index contributed by atoms with van der Waals surface area (Å²) < 4.78 is 0. The molecule has 0 spiro atoms. The average Bonchev–Trinajstić information content (AvgIpc) is 2.81. The van der Waals surface area contributed by atoms with Crippen LogP contribution >= 0.6 is 0 Å². The predicted molar refractivity (Wildman–Crippen MR) is 125 cm³/mol. The van der Waals surface area contributed by atoms with Crippen molar-refractivity contribution >= 4 is 17.5 Å². The lowest BCUT2D eigenvalue weighted by molar-refractivity contribution is -0.136. The summed E-state index contributed by atoms with van der Waals surface area (Å²) >= 11 is 0. The molecule has 1 atom stereocenters. The summed E-state index contributed by atoms with van der Waals surface area (Å²) in [5.74, 6) is -1.30. The monoisotopic (exact) mass is 428 g/mol. The molecule has 2 aromatic carbocycles. The Hall–Kier alpha value is -3.51. The van der Waals surface area contributed by atoms with Crippen LogP contribution in [-0.2, 0) is 22.6 Å². The summed E-state index contributed by atoms with van der Waals surface area (Å²) in [6.07, 6.45) is 4.52. The molecule has 0 saturated heterocycles. The Morgan fingerprint density at radius 1 is 1.03 bits per heavy atom. The molecular formula is C26H28N4O2. The number of carbonyl (C=O) groups is 2. The van der Waals surface area contributed by atoms with Crippen molar-refractivity contribution in [2.75, 3.05) is 18.4 Å². The summed E-state index contributed by atoms with van der Waals surface area (Å²) in [4.78, 5) is 31.7. The first-order chi connectivity index (χ1) is 15.5. The summed E-state index contributed by atoms with van der Waals surface area (Å²) in [5, 5.41) is 5.55. The van der Waals surface area contributed by atoms with Crippen LogP contribution in [0, 0.1) is 13.8 Å². The molecule has 6 nitrogen and oxygen atoms in total. The highest BCUT2D eigenvalue weighted by atomic mass is 16.2. The molecule has 2 heterocycles. The van der Waals surface area contributed by atoms with Crippen LogP contribution < -0.4 is 10.6 Å². The third-order valence-electron chi connectivity index (χ3n) is 5.96. The molecule has 3 aromatic rings. The van der Waals surface area contributed by atoms with Crippen molar-refractivity contribution in [3.8, 4) is 0 Å².